The molecule has 2 N–H and O–H groups in total. The van der Waals surface area contributed by atoms with E-state index in [1.807, 2.05) is 31.2 Å². The van der Waals surface area contributed by atoms with Gasteiger partial charge in [-0.05, 0) is 38.3 Å². The van der Waals surface area contributed by atoms with Crippen molar-refractivity contribution in [1.29, 1.82) is 0 Å². The Morgan fingerprint density at radius 3 is 2.81 bits per heavy atom. The molecule has 2 rings (SSSR count). The summed E-state index contributed by atoms with van der Waals surface area (Å²) in [5.74, 6) is 1.14. The van der Waals surface area contributed by atoms with E-state index in [0.29, 0.717) is 19.4 Å². The molecule has 1 aliphatic rings. The highest BCUT2D eigenvalue weighted by Gasteiger charge is 2.27. The lowest BCUT2D eigenvalue weighted by Gasteiger charge is -2.18. The van der Waals surface area contributed by atoms with Crippen LogP contribution in [0.15, 0.2) is 24.3 Å². The Hall–Kier alpha value is -1.55. The Balaban J connectivity index is 1.62. The van der Waals surface area contributed by atoms with Crippen LogP contribution < -0.4 is 10.1 Å². The monoisotopic (exact) mass is 291 g/mol. The molecule has 4 heteroatoms. The molecule has 116 valence electrons. The van der Waals surface area contributed by atoms with Crippen LogP contribution in [0.1, 0.15) is 37.7 Å². The molecule has 1 aromatic carbocycles. The first kappa shape index (κ1) is 15.8. The molecule has 21 heavy (non-hydrogen) atoms. The van der Waals surface area contributed by atoms with Gasteiger partial charge in [0.05, 0.1) is 6.61 Å². The molecule has 1 saturated carbocycles. The molecular weight excluding hydrogens is 266 g/mol. The van der Waals surface area contributed by atoms with Gasteiger partial charge in [0.2, 0.25) is 5.91 Å². The van der Waals surface area contributed by atoms with Crippen molar-refractivity contribution in [3.8, 4) is 5.75 Å². The van der Waals surface area contributed by atoms with Crippen LogP contribution in [0.4, 0.5) is 0 Å². The van der Waals surface area contributed by atoms with Crippen molar-refractivity contribution in [2.45, 2.75) is 45.1 Å². The van der Waals surface area contributed by atoms with E-state index in [1.54, 1.807) is 0 Å². The first-order chi connectivity index (χ1) is 10.2. The summed E-state index contributed by atoms with van der Waals surface area (Å²) in [6.07, 6.45) is 4.26. The first-order valence-corrected chi connectivity index (χ1v) is 7.78. The average Bonchev–Trinajstić information content (AvgIpc) is 2.92. The van der Waals surface area contributed by atoms with E-state index in [0.717, 1.165) is 25.0 Å². The molecule has 4 nitrogen and oxygen atoms in total. The third kappa shape index (κ3) is 5.05. The van der Waals surface area contributed by atoms with E-state index in [4.69, 9.17) is 4.74 Å². The number of amides is 1. The summed E-state index contributed by atoms with van der Waals surface area (Å²) in [5, 5.41) is 12.3. The molecule has 1 amide bonds. The number of hydrogen-bond acceptors (Lipinski definition) is 3. The highest BCUT2D eigenvalue weighted by molar-refractivity contribution is 5.76. The van der Waals surface area contributed by atoms with Gasteiger partial charge in [0.15, 0.2) is 0 Å². The van der Waals surface area contributed by atoms with Crippen molar-refractivity contribution in [3.63, 3.8) is 0 Å². The molecule has 1 fully saturated rings. The molecule has 0 aromatic heterocycles. The van der Waals surface area contributed by atoms with Crippen LogP contribution in [0.2, 0.25) is 0 Å². The van der Waals surface area contributed by atoms with Crippen LogP contribution in [0.25, 0.3) is 0 Å². The van der Waals surface area contributed by atoms with E-state index in [9.17, 15) is 9.90 Å². The van der Waals surface area contributed by atoms with Gasteiger partial charge in [0, 0.05) is 25.0 Å². The average molecular weight is 291 g/mol. The third-order valence-electron chi connectivity index (χ3n) is 4.08. The molecule has 0 spiro atoms. The number of carbonyl (C=O) groups is 1. The number of carbonyl (C=O) groups excluding carboxylic acids is 1. The van der Waals surface area contributed by atoms with E-state index in [2.05, 4.69) is 5.32 Å². The fourth-order valence-electron chi connectivity index (χ4n) is 2.78. The largest absolute Gasteiger partial charge is 0.494 e. The first-order valence-electron chi connectivity index (χ1n) is 7.78. The Morgan fingerprint density at radius 2 is 2.10 bits per heavy atom. The Kier molecular flexibility index (Phi) is 6.05. The summed E-state index contributed by atoms with van der Waals surface area (Å²) >= 11 is 0. The number of nitrogens with one attached hydrogen (secondary N) is 1. The van der Waals surface area contributed by atoms with E-state index in [-0.39, 0.29) is 24.5 Å². The maximum absolute atomic E-state index is 11.9. The quantitative estimate of drug-likeness (QED) is 0.759. The van der Waals surface area contributed by atoms with Crippen molar-refractivity contribution in [2.75, 3.05) is 13.2 Å². The van der Waals surface area contributed by atoms with Gasteiger partial charge in [-0.3, -0.25) is 4.79 Å². The second-order valence-corrected chi connectivity index (χ2v) is 5.81. The van der Waals surface area contributed by atoms with Crippen molar-refractivity contribution in [1.82, 2.24) is 5.32 Å². The molecule has 2 unspecified atom stereocenters. The van der Waals surface area contributed by atoms with Gasteiger partial charge in [-0.1, -0.05) is 24.1 Å². The maximum atomic E-state index is 11.9. The molecule has 0 saturated heterocycles. The van der Waals surface area contributed by atoms with Crippen LogP contribution >= 0.6 is 0 Å². The third-order valence-corrected chi connectivity index (χ3v) is 4.08. The minimum absolute atomic E-state index is 0.0628. The molecular formula is C17H25NO3. The predicted octanol–water partition coefficient (Wildman–Crippen LogP) is 2.43. The lowest BCUT2D eigenvalue weighted by Crippen LogP contribution is -2.38. The Labute approximate surface area is 126 Å². The number of benzene rings is 1. The van der Waals surface area contributed by atoms with Crippen LogP contribution in [0.5, 0.6) is 5.75 Å². The van der Waals surface area contributed by atoms with Crippen molar-refractivity contribution in [3.05, 3.63) is 29.8 Å². The number of aryl methyl sites for hydroxylation is 1. The summed E-state index contributed by atoms with van der Waals surface area (Å²) < 4.78 is 5.60. The van der Waals surface area contributed by atoms with Crippen molar-refractivity contribution >= 4 is 5.91 Å². The molecule has 0 aliphatic heterocycles. The number of hydrogen-bond donors (Lipinski definition) is 2. The second-order valence-electron chi connectivity index (χ2n) is 5.81. The summed E-state index contributed by atoms with van der Waals surface area (Å²) in [6, 6.07) is 8.06. The number of rotatable bonds is 7. The number of aliphatic hydroxyl groups is 1. The summed E-state index contributed by atoms with van der Waals surface area (Å²) in [4.78, 5) is 11.9. The number of ether oxygens (including phenoxy) is 1. The van der Waals surface area contributed by atoms with Gasteiger partial charge in [-0.2, -0.15) is 0 Å². The normalized spacial score (nSPS) is 21.2. The molecule has 1 aliphatic carbocycles. The van der Waals surface area contributed by atoms with Gasteiger partial charge in [0.1, 0.15) is 5.75 Å². The molecule has 0 radical (unpaired) electrons. The zero-order chi connectivity index (χ0) is 15.1. The van der Waals surface area contributed by atoms with Gasteiger partial charge >= 0.3 is 0 Å². The van der Waals surface area contributed by atoms with E-state index in [1.165, 1.54) is 5.56 Å². The standard InChI is InChI=1S/C17H25NO3/c1-13-7-9-15(10-8-13)21-11-3-6-17(20)18-16-5-2-4-14(16)12-19/h7-10,14,16,19H,2-6,11-12H2,1H3,(H,18,20). The Morgan fingerprint density at radius 1 is 1.33 bits per heavy atom. The summed E-state index contributed by atoms with van der Waals surface area (Å²) in [7, 11) is 0. The van der Waals surface area contributed by atoms with Crippen LogP contribution in [-0.2, 0) is 4.79 Å². The van der Waals surface area contributed by atoms with Gasteiger partial charge in [0.25, 0.3) is 0 Å². The fourth-order valence-corrected chi connectivity index (χ4v) is 2.78. The zero-order valence-electron chi connectivity index (χ0n) is 12.7. The molecule has 1 aromatic rings. The minimum atomic E-state index is 0.0628. The highest BCUT2D eigenvalue weighted by Crippen LogP contribution is 2.25. The van der Waals surface area contributed by atoms with Crippen molar-refractivity contribution < 1.29 is 14.6 Å². The zero-order valence-corrected chi connectivity index (χ0v) is 12.7. The van der Waals surface area contributed by atoms with Crippen LogP contribution in [0.3, 0.4) is 0 Å². The number of aliphatic hydroxyl groups excluding tert-OH is 1. The van der Waals surface area contributed by atoms with E-state index >= 15 is 0 Å². The minimum Gasteiger partial charge on any atom is -0.494 e. The fraction of sp³-hybridized carbons (Fsp3) is 0.588. The maximum Gasteiger partial charge on any atom is 0.220 e. The van der Waals surface area contributed by atoms with Gasteiger partial charge in [-0.25, -0.2) is 0 Å². The Bertz CT molecular complexity index is 444. The summed E-state index contributed by atoms with van der Waals surface area (Å²) in [5.41, 5.74) is 1.21. The molecule has 2 atom stereocenters. The SMILES string of the molecule is Cc1ccc(OCCCC(=O)NC2CCCC2CO)cc1. The van der Waals surface area contributed by atoms with Crippen molar-refractivity contribution in [2.24, 2.45) is 5.92 Å². The predicted molar refractivity (Wildman–Crippen MR) is 82.3 cm³/mol. The lowest BCUT2D eigenvalue weighted by molar-refractivity contribution is -0.122. The van der Waals surface area contributed by atoms with Crippen LogP contribution in [0, 0.1) is 12.8 Å². The van der Waals surface area contributed by atoms with Crippen LogP contribution in [-0.4, -0.2) is 30.3 Å². The lowest BCUT2D eigenvalue weighted by atomic mass is 10.0. The topological polar surface area (TPSA) is 58.6 Å². The van der Waals surface area contributed by atoms with E-state index < -0.39 is 0 Å². The molecule has 0 heterocycles. The highest BCUT2D eigenvalue weighted by atomic mass is 16.5. The van der Waals surface area contributed by atoms with Gasteiger partial charge < -0.3 is 15.2 Å². The molecule has 0 bridgehead atoms. The summed E-state index contributed by atoms with van der Waals surface area (Å²) in [6.45, 7) is 2.75. The second kappa shape index (κ2) is 8.03. The smallest absolute Gasteiger partial charge is 0.220 e. The van der Waals surface area contributed by atoms with Gasteiger partial charge in [-0.15, -0.1) is 0 Å².